The van der Waals surface area contributed by atoms with Crippen molar-refractivity contribution in [3.8, 4) is 11.5 Å². The number of Topliss-reactive ketones (excluding diaryl/α,β-unsaturated/α-hetero) is 1. The number of ketones is 1. The number of carbonyl (C=O) groups excluding carboxylic acids is 1. The van der Waals surface area contributed by atoms with Gasteiger partial charge in [-0.15, -0.1) is 23.2 Å². The highest BCUT2D eigenvalue weighted by atomic mass is 35.5. The molecule has 0 unspecified atom stereocenters. The lowest BCUT2D eigenvalue weighted by Crippen LogP contribution is -1.99. The normalized spacial score (nSPS) is 9.93. The molecule has 0 fully saturated rings. The van der Waals surface area contributed by atoms with E-state index in [1.54, 1.807) is 38.5 Å². The number of hydrogen-bond donors (Lipinski definition) is 0. The van der Waals surface area contributed by atoms with Crippen LogP contribution < -0.4 is 9.47 Å². The lowest BCUT2D eigenvalue weighted by atomic mass is 10.1. The number of hydrogen-bond acceptors (Lipinski definition) is 3. The van der Waals surface area contributed by atoms with Gasteiger partial charge in [0.05, 0.1) is 14.2 Å². The van der Waals surface area contributed by atoms with E-state index >= 15 is 0 Å². The van der Waals surface area contributed by atoms with Crippen LogP contribution in [0.25, 0.3) is 0 Å². The maximum Gasteiger partial charge on any atom is 0.162 e. The number of benzene rings is 2. The fourth-order valence-electron chi connectivity index (χ4n) is 2.36. The summed E-state index contributed by atoms with van der Waals surface area (Å²) in [5.41, 5.74) is 2.07. The molecule has 0 saturated heterocycles. The fourth-order valence-corrected chi connectivity index (χ4v) is 2.69. The number of unbranched alkanes of at least 4 members (excludes halogenated alkanes) is 1. The molecular formula is C22H28Cl2O3. The molecule has 27 heavy (non-hydrogen) atoms. The molecule has 0 amide bonds. The van der Waals surface area contributed by atoms with E-state index in [1.807, 2.05) is 12.1 Å². The van der Waals surface area contributed by atoms with Gasteiger partial charge >= 0.3 is 0 Å². The first-order chi connectivity index (χ1) is 13.1. The second-order valence-electron chi connectivity index (χ2n) is 5.94. The Bertz CT molecular complexity index is 640. The molecule has 0 aromatic heterocycles. The largest absolute Gasteiger partial charge is 0.497 e. The van der Waals surface area contributed by atoms with E-state index in [2.05, 4.69) is 12.1 Å². The molecule has 3 nitrogen and oxygen atoms in total. The summed E-state index contributed by atoms with van der Waals surface area (Å²) < 4.78 is 10.1. The quantitative estimate of drug-likeness (QED) is 0.267. The van der Waals surface area contributed by atoms with Crippen LogP contribution in [0.3, 0.4) is 0 Å². The SMILES string of the molecule is COc1ccc(C(=O)CCCCl)cc1.COc1ccc(CCCCCl)cc1. The van der Waals surface area contributed by atoms with Gasteiger partial charge in [-0.05, 0) is 67.6 Å². The standard InChI is InChI=1S/C11H13ClO2.C11H15ClO/c1-14-10-6-4-9(5-7-10)11(13)3-2-8-12;1-13-11-7-5-10(6-8-11)4-2-3-9-12/h4-7H,2-3,8H2,1H3;5-8H,2-4,9H2,1H3. The maximum absolute atomic E-state index is 11.5. The summed E-state index contributed by atoms with van der Waals surface area (Å²) in [5, 5.41) is 0. The van der Waals surface area contributed by atoms with Gasteiger partial charge in [-0.3, -0.25) is 4.79 Å². The molecule has 0 aliphatic rings. The van der Waals surface area contributed by atoms with Crippen molar-refractivity contribution in [1.82, 2.24) is 0 Å². The van der Waals surface area contributed by atoms with Crippen molar-refractivity contribution in [2.24, 2.45) is 0 Å². The molecule has 0 radical (unpaired) electrons. The second-order valence-corrected chi connectivity index (χ2v) is 6.69. The van der Waals surface area contributed by atoms with E-state index in [0.717, 1.165) is 48.6 Å². The van der Waals surface area contributed by atoms with Gasteiger partial charge in [0, 0.05) is 23.7 Å². The monoisotopic (exact) mass is 410 g/mol. The molecule has 0 saturated carbocycles. The van der Waals surface area contributed by atoms with Gasteiger partial charge in [-0.1, -0.05) is 12.1 Å². The van der Waals surface area contributed by atoms with Crippen LogP contribution >= 0.6 is 23.2 Å². The van der Waals surface area contributed by atoms with E-state index in [1.165, 1.54) is 5.56 Å². The van der Waals surface area contributed by atoms with Gasteiger partial charge < -0.3 is 9.47 Å². The van der Waals surface area contributed by atoms with Gasteiger partial charge in [0.25, 0.3) is 0 Å². The lowest BCUT2D eigenvalue weighted by molar-refractivity contribution is 0.0982. The third-order valence-electron chi connectivity index (χ3n) is 3.96. The van der Waals surface area contributed by atoms with Gasteiger partial charge in [-0.2, -0.15) is 0 Å². The molecule has 148 valence electrons. The van der Waals surface area contributed by atoms with Crippen molar-refractivity contribution in [2.75, 3.05) is 26.0 Å². The van der Waals surface area contributed by atoms with Crippen LogP contribution in [0.1, 0.15) is 41.6 Å². The molecule has 2 rings (SSSR count). The summed E-state index contributed by atoms with van der Waals surface area (Å²) in [6.07, 6.45) is 4.60. The summed E-state index contributed by atoms with van der Waals surface area (Å²) in [7, 11) is 3.28. The third-order valence-corrected chi connectivity index (χ3v) is 4.49. The first kappa shape index (κ1) is 23.3. The van der Waals surface area contributed by atoms with Crippen molar-refractivity contribution in [2.45, 2.75) is 32.1 Å². The van der Waals surface area contributed by atoms with Gasteiger partial charge in [-0.25, -0.2) is 0 Å². The van der Waals surface area contributed by atoms with Gasteiger partial charge in [0.1, 0.15) is 11.5 Å². The maximum atomic E-state index is 11.5. The Kier molecular flexibility index (Phi) is 12.4. The molecule has 0 N–H and O–H groups in total. The van der Waals surface area contributed by atoms with Crippen LogP contribution in [0.15, 0.2) is 48.5 Å². The molecule has 0 spiro atoms. The first-order valence-corrected chi connectivity index (χ1v) is 10.1. The predicted octanol–water partition coefficient (Wildman–Crippen LogP) is 6.15. The Hall–Kier alpha value is -1.71. The van der Waals surface area contributed by atoms with Crippen LogP contribution in [0.4, 0.5) is 0 Å². The summed E-state index contributed by atoms with van der Waals surface area (Å²) >= 11 is 11.1. The molecule has 0 atom stereocenters. The number of ether oxygens (including phenoxy) is 2. The van der Waals surface area contributed by atoms with Crippen molar-refractivity contribution >= 4 is 29.0 Å². The summed E-state index contributed by atoms with van der Waals surface area (Å²) in [6.45, 7) is 0. The summed E-state index contributed by atoms with van der Waals surface area (Å²) in [6, 6.07) is 15.3. The molecular weight excluding hydrogens is 383 g/mol. The summed E-state index contributed by atoms with van der Waals surface area (Å²) in [4.78, 5) is 11.5. The zero-order chi connectivity index (χ0) is 19.9. The molecule has 2 aromatic carbocycles. The van der Waals surface area contributed by atoms with Crippen molar-refractivity contribution in [1.29, 1.82) is 0 Å². The number of aryl methyl sites for hydroxylation is 1. The Labute approximate surface area is 172 Å². The van der Waals surface area contributed by atoms with E-state index in [-0.39, 0.29) is 5.78 Å². The van der Waals surface area contributed by atoms with Crippen LogP contribution in [-0.2, 0) is 6.42 Å². The van der Waals surface area contributed by atoms with E-state index < -0.39 is 0 Å². The van der Waals surface area contributed by atoms with E-state index in [0.29, 0.717) is 12.3 Å². The molecule has 0 heterocycles. The Morgan fingerprint density at radius 3 is 1.78 bits per heavy atom. The first-order valence-electron chi connectivity index (χ1n) is 9.06. The number of carbonyl (C=O) groups is 1. The minimum absolute atomic E-state index is 0.133. The van der Waals surface area contributed by atoms with Gasteiger partial charge in [0.15, 0.2) is 5.78 Å². The topological polar surface area (TPSA) is 35.5 Å². The highest BCUT2D eigenvalue weighted by Gasteiger charge is 2.04. The van der Waals surface area contributed by atoms with Crippen molar-refractivity contribution < 1.29 is 14.3 Å². The predicted molar refractivity (Wildman–Crippen MR) is 114 cm³/mol. The second kappa shape index (κ2) is 14.4. The van der Waals surface area contributed by atoms with Crippen LogP contribution in [0.2, 0.25) is 0 Å². The molecule has 0 aliphatic carbocycles. The number of rotatable bonds is 10. The smallest absolute Gasteiger partial charge is 0.162 e. The third kappa shape index (κ3) is 9.69. The van der Waals surface area contributed by atoms with Crippen LogP contribution in [0.5, 0.6) is 11.5 Å². The van der Waals surface area contributed by atoms with E-state index in [9.17, 15) is 4.79 Å². The molecule has 0 bridgehead atoms. The number of methoxy groups -OCH3 is 2. The number of halogens is 2. The van der Waals surface area contributed by atoms with E-state index in [4.69, 9.17) is 32.7 Å². The summed E-state index contributed by atoms with van der Waals surface area (Å²) in [5.74, 6) is 3.10. The average Bonchev–Trinajstić information content (AvgIpc) is 2.73. The lowest BCUT2D eigenvalue weighted by Gasteiger charge is -2.02. The molecule has 0 aliphatic heterocycles. The Morgan fingerprint density at radius 1 is 0.778 bits per heavy atom. The van der Waals surface area contributed by atoms with Crippen molar-refractivity contribution in [3.05, 3.63) is 59.7 Å². The zero-order valence-electron chi connectivity index (χ0n) is 16.0. The van der Waals surface area contributed by atoms with Crippen molar-refractivity contribution in [3.63, 3.8) is 0 Å². The minimum Gasteiger partial charge on any atom is -0.497 e. The van der Waals surface area contributed by atoms with Gasteiger partial charge in [0.2, 0.25) is 0 Å². The van der Waals surface area contributed by atoms with Crippen LogP contribution in [0, 0.1) is 0 Å². The molecule has 5 heteroatoms. The Balaban J connectivity index is 0.000000271. The highest BCUT2D eigenvalue weighted by molar-refractivity contribution is 6.18. The molecule has 2 aromatic rings. The highest BCUT2D eigenvalue weighted by Crippen LogP contribution is 2.14. The zero-order valence-corrected chi connectivity index (χ0v) is 17.6. The average molecular weight is 411 g/mol. The Morgan fingerprint density at radius 2 is 1.30 bits per heavy atom. The minimum atomic E-state index is 0.133. The fraction of sp³-hybridized carbons (Fsp3) is 0.409. The number of alkyl halides is 2. The van der Waals surface area contributed by atoms with Crippen LogP contribution in [-0.4, -0.2) is 31.8 Å².